The lowest BCUT2D eigenvalue weighted by molar-refractivity contribution is -0.137. The summed E-state index contributed by atoms with van der Waals surface area (Å²) in [5.74, 6) is -0.0959. The average Bonchev–Trinajstić information content (AvgIpc) is 2.89. The predicted octanol–water partition coefficient (Wildman–Crippen LogP) is 2.62. The van der Waals surface area contributed by atoms with Crippen LogP contribution in [0.15, 0.2) is 30.5 Å². The lowest BCUT2D eigenvalue weighted by Crippen LogP contribution is -2.05. The Morgan fingerprint density at radius 2 is 1.90 bits per heavy atom. The minimum atomic E-state index is -4.43. The summed E-state index contributed by atoms with van der Waals surface area (Å²) in [6, 6.07) is 4.92. The number of nitrogens with two attached hydrogens (primary N) is 1. The molecule has 3 rings (SSSR count). The maximum absolute atomic E-state index is 12.7. The summed E-state index contributed by atoms with van der Waals surface area (Å²) in [6.45, 7) is 0. The molecule has 2 heterocycles. The normalized spacial score (nSPS) is 11.9. The topological polar surface area (TPSA) is 80.5 Å². The van der Waals surface area contributed by atoms with E-state index in [1.54, 1.807) is 6.07 Å². The van der Waals surface area contributed by atoms with Gasteiger partial charge in [-0.3, -0.25) is 5.10 Å². The highest BCUT2D eigenvalue weighted by Crippen LogP contribution is 2.33. The fraction of sp³-hybridized carbons (Fsp3) is 0.0833. The molecule has 1 aromatic carbocycles. The van der Waals surface area contributed by atoms with Gasteiger partial charge in [-0.25, -0.2) is 9.97 Å². The number of H-pyrrole nitrogens is 1. The molecule has 2 aromatic heterocycles. The summed E-state index contributed by atoms with van der Waals surface area (Å²) in [4.78, 5) is 7.90. The third kappa shape index (κ3) is 2.04. The first-order valence-corrected chi connectivity index (χ1v) is 5.59. The van der Waals surface area contributed by atoms with Crippen LogP contribution in [0.2, 0.25) is 0 Å². The van der Waals surface area contributed by atoms with Gasteiger partial charge in [-0.15, -0.1) is 0 Å². The molecule has 0 saturated heterocycles. The van der Waals surface area contributed by atoms with Crippen LogP contribution in [0, 0.1) is 0 Å². The number of nitrogens with zero attached hydrogens (tertiary/aromatic N) is 3. The number of hydrogen-bond acceptors (Lipinski definition) is 4. The maximum atomic E-state index is 12.7. The smallest absolute Gasteiger partial charge is 0.368 e. The zero-order valence-corrected chi connectivity index (χ0v) is 9.94. The summed E-state index contributed by atoms with van der Waals surface area (Å²) in [7, 11) is 0. The molecule has 0 saturated carbocycles. The third-order valence-electron chi connectivity index (χ3n) is 2.80. The number of hydrogen-bond donors (Lipinski definition) is 2. The number of benzene rings is 1. The fourth-order valence-corrected chi connectivity index (χ4v) is 1.92. The summed E-state index contributed by atoms with van der Waals surface area (Å²) >= 11 is 0. The van der Waals surface area contributed by atoms with Crippen molar-refractivity contribution >= 4 is 16.9 Å². The molecule has 0 aliphatic carbocycles. The molecule has 102 valence electrons. The standard InChI is InChI=1S/C12H8F3N5/c13-12(14,15)6-1-2-7-9(5-6)18-11(16)19-10(7)8-3-4-17-20-8/h1-5H,(H,17,20)(H2,16,18,19). The van der Waals surface area contributed by atoms with E-state index in [9.17, 15) is 13.2 Å². The Morgan fingerprint density at radius 3 is 2.55 bits per heavy atom. The number of halogens is 3. The van der Waals surface area contributed by atoms with E-state index in [1.807, 2.05) is 0 Å². The van der Waals surface area contributed by atoms with E-state index in [0.29, 0.717) is 16.8 Å². The molecule has 3 N–H and O–H groups in total. The van der Waals surface area contributed by atoms with Crippen LogP contribution in [0.1, 0.15) is 5.56 Å². The van der Waals surface area contributed by atoms with Gasteiger partial charge in [0.05, 0.1) is 16.8 Å². The Morgan fingerprint density at radius 1 is 1.10 bits per heavy atom. The van der Waals surface area contributed by atoms with Crippen molar-refractivity contribution in [3.8, 4) is 11.4 Å². The summed E-state index contributed by atoms with van der Waals surface area (Å²) in [6.07, 6.45) is -2.91. The first-order valence-electron chi connectivity index (χ1n) is 5.59. The minimum Gasteiger partial charge on any atom is -0.368 e. The quantitative estimate of drug-likeness (QED) is 0.717. The van der Waals surface area contributed by atoms with Gasteiger partial charge in [0.1, 0.15) is 5.69 Å². The van der Waals surface area contributed by atoms with Gasteiger partial charge < -0.3 is 5.73 Å². The van der Waals surface area contributed by atoms with Crippen LogP contribution < -0.4 is 5.73 Å². The molecule has 0 aliphatic heterocycles. The van der Waals surface area contributed by atoms with Crippen molar-refractivity contribution in [1.82, 2.24) is 20.2 Å². The number of aromatic nitrogens is 4. The van der Waals surface area contributed by atoms with Gasteiger partial charge in [0.15, 0.2) is 0 Å². The number of nitrogen functional groups attached to an aromatic ring is 1. The third-order valence-corrected chi connectivity index (χ3v) is 2.80. The average molecular weight is 279 g/mol. The Balaban J connectivity index is 2.28. The van der Waals surface area contributed by atoms with Crippen LogP contribution in [0.5, 0.6) is 0 Å². The Bertz CT molecular complexity index is 765. The minimum absolute atomic E-state index is 0.0959. The summed E-state index contributed by atoms with van der Waals surface area (Å²) in [5.41, 5.74) is 5.88. The molecule has 0 atom stereocenters. The van der Waals surface area contributed by atoms with Crippen molar-refractivity contribution in [1.29, 1.82) is 0 Å². The maximum Gasteiger partial charge on any atom is 0.416 e. The molecular weight excluding hydrogens is 271 g/mol. The lowest BCUT2D eigenvalue weighted by Gasteiger charge is -2.09. The lowest BCUT2D eigenvalue weighted by atomic mass is 10.1. The SMILES string of the molecule is Nc1nc(-c2ccn[nH]2)c2ccc(C(F)(F)F)cc2n1. The second-order valence-electron chi connectivity index (χ2n) is 4.13. The number of fused-ring (bicyclic) bond motifs is 1. The summed E-state index contributed by atoms with van der Waals surface area (Å²) < 4.78 is 38.1. The predicted molar refractivity (Wildman–Crippen MR) is 66.5 cm³/mol. The molecular formula is C12H8F3N5. The second-order valence-corrected chi connectivity index (χ2v) is 4.13. The van der Waals surface area contributed by atoms with Crippen LogP contribution in [-0.4, -0.2) is 20.2 Å². The molecule has 0 amide bonds. The molecule has 8 heteroatoms. The van der Waals surface area contributed by atoms with E-state index in [1.165, 1.54) is 12.3 Å². The van der Waals surface area contributed by atoms with E-state index in [-0.39, 0.29) is 11.5 Å². The fourth-order valence-electron chi connectivity index (χ4n) is 1.92. The van der Waals surface area contributed by atoms with Crippen molar-refractivity contribution in [2.24, 2.45) is 0 Å². The number of nitrogens with one attached hydrogen (secondary N) is 1. The number of alkyl halides is 3. The highest BCUT2D eigenvalue weighted by Gasteiger charge is 2.30. The zero-order valence-electron chi connectivity index (χ0n) is 9.94. The Labute approximate surface area is 110 Å². The van der Waals surface area contributed by atoms with Gasteiger partial charge in [0, 0.05) is 11.6 Å². The van der Waals surface area contributed by atoms with Gasteiger partial charge >= 0.3 is 6.18 Å². The van der Waals surface area contributed by atoms with E-state index in [0.717, 1.165) is 12.1 Å². The van der Waals surface area contributed by atoms with Crippen molar-refractivity contribution in [3.63, 3.8) is 0 Å². The highest BCUT2D eigenvalue weighted by atomic mass is 19.4. The van der Waals surface area contributed by atoms with Gasteiger partial charge in [-0.1, -0.05) is 0 Å². The van der Waals surface area contributed by atoms with Crippen LogP contribution in [0.3, 0.4) is 0 Å². The van der Waals surface area contributed by atoms with Gasteiger partial charge in [0.25, 0.3) is 0 Å². The number of aromatic amines is 1. The zero-order chi connectivity index (χ0) is 14.3. The van der Waals surface area contributed by atoms with Gasteiger partial charge in [-0.2, -0.15) is 18.3 Å². The van der Waals surface area contributed by atoms with Crippen molar-refractivity contribution in [2.45, 2.75) is 6.18 Å². The summed E-state index contributed by atoms with van der Waals surface area (Å²) in [5, 5.41) is 6.95. The first kappa shape index (κ1) is 12.4. The number of anilines is 1. The molecule has 0 unspecified atom stereocenters. The monoisotopic (exact) mass is 279 g/mol. The van der Waals surface area contributed by atoms with Crippen LogP contribution in [-0.2, 0) is 6.18 Å². The largest absolute Gasteiger partial charge is 0.416 e. The Hall–Kier alpha value is -2.64. The first-order chi connectivity index (χ1) is 9.45. The molecule has 3 aromatic rings. The molecule has 0 aliphatic rings. The van der Waals surface area contributed by atoms with Crippen molar-refractivity contribution < 1.29 is 13.2 Å². The van der Waals surface area contributed by atoms with Crippen molar-refractivity contribution in [3.05, 3.63) is 36.0 Å². The van der Waals surface area contributed by atoms with E-state index < -0.39 is 11.7 Å². The molecule has 0 radical (unpaired) electrons. The van der Waals surface area contributed by atoms with Crippen LogP contribution >= 0.6 is 0 Å². The molecule has 0 fully saturated rings. The molecule has 5 nitrogen and oxygen atoms in total. The van der Waals surface area contributed by atoms with Crippen LogP contribution in [0.4, 0.5) is 19.1 Å². The van der Waals surface area contributed by atoms with Crippen molar-refractivity contribution in [2.75, 3.05) is 5.73 Å². The van der Waals surface area contributed by atoms with Crippen LogP contribution in [0.25, 0.3) is 22.3 Å². The molecule has 20 heavy (non-hydrogen) atoms. The van der Waals surface area contributed by atoms with E-state index >= 15 is 0 Å². The van der Waals surface area contributed by atoms with E-state index in [2.05, 4.69) is 20.2 Å². The molecule has 0 bridgehead atoms. The molecule has 0 spiro atoms. The second kappa shape index (κ2) is 4.19. The number of rotatable bonds is 1. The van der Waals surface area contributed by atoms with Gasteiger partial charge in [0.2, 0.25) is 5.95 Å². The van der Waals surface area contributed by atoms with E-state index in [4.69, 9.17) is 5.73 Å². The van der Waals surface area contributed by atoms with Gasteiger partial charge in [-0.05, 0) is 24.3 Å². The Kier molecular flexibility index (Phi) is 2.60. The highest BCUT2D eigenvalue weighted by molar-refractivity contribution is 5.92.